The van der Waals surface area contributed by atoms with Gasteiger partial charge in [-0.25, -0.2) is 18.2 Å². The van der Waals surface area contributed by atoms with Crippen LogP contribution in [-0.4, -0.2) is 38.1 Å². The van der Waals surface area contributed by atoms with Crippen LogP contribution in [0.5, 0.6) is 0 Å². The highest BCUT2D eigenvalue weighted by Gasteiger charge is 2.17. The summed E-state index contributed by atoms with van der Waals surface area (Å²) in [5.74, 6) is -0.819. The molecule has 8 nitrogen and oxygen atoms in total. The van der Waals surface area contributed by atoms with Crippen LogP contribution in [0.4, 0.5) is 10.8 Å². The fourth-order valence-electron chi connectivity index (χ4n) is 2.08. The third kappa shape index (κ3) is 6.33. The van der Waals surface area contributed by atoms with Crippen molar-refractivity contribution in [2.75, 3.05) is 22.9 Å². The maximum atomic E-state index is 12.4. The van der Waals surface area contributed by atoms with Gasteiger partial charge in [0.05, 0.1) is 24.1 Å². The summed E-state index contributed by atoms with van der Waals surface area (Å²) in [6, 6.07) is 6.33. The van der Waals surface area contributed by atoms with Crippen molar-refractivity contribution >= 4 is 44.1 Å². The number of unbranched alkanes of at least 4 members (excludes halogenated alkanes) is 1. The fourth-order valence-corrected chi connectivity index (χ4v) is 3.78. The van der Waals surface area contributed by atoms with E-state index in [1.807, 2.05) is 6.92 Å². The topological polar surface area (TPSA) is 114 Å². The number of thiazole rings is 1. The van der Waals surface area contributed by atoms with Crippen LogP contribution in [-0.2, 0) is 14.8 Å². The Bertz CT molecular complexity index is 921. The number of aromatic nitrogens is 1. The molecule has 0 saturated heterocycles. The lowest BCUT2D eigenvalue weighted by Gasteiger charge is -2.06. The number of rotatable bonds is 8. The van der Waals surface area contributed by atoms with E-state index in [-0.39, 0.29) is 5.13 Å². The Morgan fingerprint density at radius 3 is 2.48 bits per heavy atom. The van der Waals surface area contributed by atoms with Gasteiger partial charge in [-0.1, -0.05) is 24.7 Å². The molecule has 27 heavy (non-hydrogen) atoms. The second-order valence-corrected chi connectivity index (χ2v) is 8.58. The molecule has 0 atom stereocenters. The number of sulfonamides is 1. The van der Waals surface area contributed by atoms with E-state index < -0.39 is 21.9 Å². The van der Waals surface area contributed by atoms with Crippen LogP contribution in [0.15, 0.2) is 24.3 Å². The van der Waals surface area contributed by atoms with Crippen LogP contribution in [0.1, 0.15) is 45.5 Å². The molecule has 0 saturated carbocycles. The lowest BCUT2D eigenvalue weighted by Crippen LogP contribution is -2.12. The number of anilines is 2. The van der Waals surface area contributed by atoms with Gasteiger partial charge < -0.3 is 10.1 Å². The van der Waals surface area contributed by atoms with Gasteiger partial charge in [0.15, 0.2) is 5.13 Å². The van der Waals surface area contributed by atoms with Gasteiger partial charge in [-0.05, 0) is 37.6 Å². The Morgan fingerprint density at radius 2 is 1.89 bits per heavy atom. The summed E-state index contributed by atoms with van der Waals surface area (Å²) < 4.78 is 29.9. The van der Waals surface area contributed by atoms with Crippen LogP contribution < -0.4 is 10.0 Å². The van der Waals surface area contributed by atoms with E-state index in [2.05, 4.69) is 15.0 Å². The van der Waals surface area contributed by atoms with Crippen LogP contribution in [0.25, 0.3) is 0 Å². The van der Waals surface area contributed by atoms with E-state index >= 15 is 0 Å². The number of benzene rings is 1. The normalized spacial score (nSPS) is 11.1. The standard InChI is InChI=1S/C17H21N3O5S2/c1-4-5-10-25-16(22)12-6-8-13(9-7-12)19-15(21)14-11(2)18-17(26-14)20-27(3,23)24/h6-9H,4-5,10H2,1-3H3,(H,18,20)(H,19,21). The maximum absolute atomic E-state index is 12.4. The zero-order valence-corrected chi connectivity index (χ0v) is 16.9. The summed E-state index contributed by atoms with van der Waals surface area (Å²) in [6.45, 7) is 4.01. The summed E-state index contributed by atoms with van der Waals surface area (Å²) in [6.07, 6.45) is 2.76. The zero-order valence-electron chi connectivity index (χ0n) is 15.2. The number of hydrogen-bond acceptors (Lipinski definition) is 7. The van der Waals surface area contributed by atoms with Gasteiger partial charge in [-0.15, -0.1) is 0 Å². The monoisotopic (exact) mass is 411 g/mol. The highest BCUT2D eigenvalue weighted by atomic mass is 32.2. The average molecular weight is 412 g/mol. The molecule has 0 aliphatic carbocycles. The van der Waals surface area contributed by atoms with Crippen LogP contribution in [0.2, 0.25) is 0 Å². The molecule has 0 fully saturated rings. The Balaban J connectivity index is 2.03. The number of carbonyl (C=O) groups is 2. The number of nitrogens with one attached hydrogen (secondary N) is 2. The molecule has 2 aromatic rings. The maximum Gasteiger partial charge on any atom is 0.338 e. The van der Waals surface area contributed by atoms with Gasteiger partial charge in [0.2, 0.25) is 10.0 Å². The van der Waals surface area contributed by atoms with Gasteiger partial charge in [0.1, 0.15) is 4.88 Å². The summed E-state index contributed by atoms with van der Waals surface area (Å²) in [5, 5.41) is 2.83. The molecule has 10 heteroatoms. The van der Waals surface area contributed by atoms with Gasteiger partial charge in [0.25, 0.3) is 5.91 Å². The quantitative estimate of drug-likeness (QED) is 0.510. The molecule has 2 N–H and O–H groups in total. The molecule has 0 aliphatic heterocycles. The SMILES string of the molecule is CCCCOC(=O)c1ccc(NC(=O)c2sc(NS(C)(=O)=O)nc2C)cc1. The van der Waals surface area contributed by atoms with Gasteiger partial charge >= 0.3 is 5.97 Å². The average Bonchev–Trinajstić information content (AvgIpc) is 2.94. The van der Waals surface area contributed by atoms with Gasteiger partial charge in [-0.2, -0.15) is 0 Å². The lowest BCUT2D eigenvalue weighted by molar-refractivity contribution is 0.0499. The molecule has 0 unspecified atom stereocenters. The largest absolute Gasteiger partial charge is 0.462 e. The first kappa shape index (κ1) is 20.8. The van der Waals surface area contributed by atoms with Crippen molar-refractivity contribution < 1.29 is 22.7 Å². The van der Waals surface area contributed by atoms with E-state index in [9.17, 15) is 18.0 Å². The number of nitrogens with zero attached hydrogens (tertiary/aromatic N) is 1. The van der Waals surface area contributed by atoms with Gasteiger partial charge in [-0.3, -0.25) is 9.52 Å². The molecule has 1 amide bonds. The number of carbonyl (C=O) groups excluding carboxylic acids is 2. The van der Waals surface area contributed by atoms with E-state index in [1.54, 1.807) is 31.2 Å². The second kappa shape index (κ2) is 8.96. The fraction of sp³-hybridized carbons (Fsp3) is 0.353. The first-order valence-corrected chi connectivity index (χ1v) is 10.9. The van der Waals surface area contributed by atoms with E-state index in [4.69, 9.17) is 4.74 Å². The zero-order chi connectivity index (χ0) is 20.0. The highest BCUT2D eigenvalue weighted by molar-refractivity contribution is 7.92. The van der Waals surface area contributed by atoms with Crippen molar-refractivity contribution in [3.05, 3.63) is 40.4 Å². The molecular weight excluding hydrogens is 390 g/mol. The Morgan fingerprint density at radius 1 is 1.22 bits per heavy atom. The Kier molecular flexibility index (Phi) is 6.92. The van der Waals surface area contributed by atoms with Crippen molar-refractivity contribution in [3.63, 3.8) is 0 Å². The van der Waals surface area contributed by atoms with Crippen LogP contribution in [0, 0.1) is 6.92 Å². The number of amides is 1. The molecule has 0 aliphatic rings. The molecule has 1 heterocycles. The first-order chi connectivity index (χ1) is 12.7. The molecular formula is C17H21N3O5S2. The summed E-state index contributed by atoms with van der Waals surface area (Å²) in [7, 11) is -3.46. The predicted octanol–water partition coefficient (Wildman–Crippen LogP) is 3.03. The summed E-state index contributed by atoms with van der Waals surface area (Å²) >= 11 is 0.945. The molecule has 0 bridgehead atoms. The van der Waals surface area contributed by atoms with Crippen molar-refractivity contribution in [1.29, 1.82) is 0 Å². The number of aryl methyl sites for hydroxylation is 1. The third-order valence-corrected chi connectivity index (χ3v) is 5.15. The molecule has 1 aromatic heterocycles. The molecule has 0 radical (unpaired) electrons. The molecule has 0 spiro atoms. The molecule has 1 aromatic carbocycles. The van der Waals surface area contributed by atoms with Crippen molar-refractivity contribution in [3.8, 4) is 0 Å². The smallest absolute Gasteiger partial charge is 0.338 e. The van der Waals surface area contributed by atoms with E-state index in [0.717, 1.165) is 30.4 Å². The van der Waals surface area contributed by atoms with Crippen LogP contribution >= 0.6 is 11.3 Å². The number of hydrogen-bond donors (Lipinski definition) is 2. The van der Waals surface area contributed by atoms with E-state index in [0.29, 0.717) is 28.4 Å². The molecule has 2 rings (SSSR count). The first-order valence-electron chi connectivity index (χ1n) is 8.23. The second-order valence-electron chi connectivity index (χ2n) is 5.83. The summed E-state index contributed by atoms with van der Waals surface area (Å²) in [5.41, 5.74) is 1.31. The molecule has 146 valence electrons. The minimum atomic E-state index is -3.46. The highest BCUT2D eigenvalue weighted by Crippen LogP contribution is 2.24. The Hall–Kier alpha value is -2.46. The van der Waals surface area contributed by atoms with Crippen LogP contribution in [0.3, 0.4) is 0 Å². The lowest BCUT2D eigenvalue weighted by atomic mass is 10.2. The van der Waals surface area contributed by atoms with Crippen molar-refractivity contribution in [1.82, 2.24) is 4.98 Å². The minimum Gasteiger partial charge on any atom is -0.462 e. The number of ether oxygens (including phenoxy) is 1. The minimum absolute atomic E-state index is 0.130. The third-order valence-electron chi connectivity index (χ3n) is 3.39. The Labute approximate surface area is 162 Å². The van der Waals surface area contributed by atoms with E-state index in [1.165, 1.54) is 0 Å². The predicted molar refractivity (Wildman–Crippen MR) is 105 cm³/mol. The summed E-state index contributed by atoms with van der Waals surface area (Å²) in [4.78, 5) is 28.6. The van der Waals surface area contributed by atoms with Gasteiger partial charge in [0, 0.05) is 5.69 Å². The van der Waals surface area contributed by atoms with Crippen molar-refractivity contribution in [2.45, 2.75) is 26.7 Å². The van der Waals surface area contributed by atoms with Crippen molar-refractivity contribution in [2.24, 2.45) is 0 Å². The number of esters is 1.